The number of aromatic carboxylic acids is 1. The van der Waals surface area contributed by atoms with Crippen molar-refractivity contribution < 1.29 is 14.6 Å². The second-order valence-electron chi connectivity index (χ2n) is 4.75. The van der Waals surface area contributed by atoms with E-state index < -0.39 is 5.97 Å². The van der Waals surface area contributed by atoms with Gasteiger partial charge in [0.15, 0.2) is 0 Å². The van der Waals surface area contributed by atoms with Crippen LogP contribution in [0.4, 0.5) is 0 Å². The van der Waals surface area contributed by atoms with E-state index in [4.69, 9.17) is 4.74 Å². The van der Waals surface area contributed by atoms with Crippen molar-refractivity contribution in [3.63, 3.8) is 0 Å². The lowest BCUT2D eigenvalue weighted by atomic mass is 10.2. The number of carbonyl (C=O) groups is 1. The minimum absolute atomic E-state index is 0.245. The van der Waals surface area contributed by atoms with Crippen LogP contribution in [0, 0.1) is 0 Å². The van der Waals surface area contributed by atoms with Crippen LogP contribution in [0.3, 0.4) is 0 Å². The summed E-state index contributed by atoms with van der Waals surface area (Å²) in [6.07, 6.45) is 0. The molecule has 3 rings (SSSR count). The second-order valence-corrected chi connectivity index (χ2v) is 4.75. The van der Waals surface area contributed by atoms with Crippen LogP contribution in [0.5, 0.6) is 0 Å². The lowest BCUT2D eigenvalue weighted by molar-refractivity contribution is 0.0360. The van der Waals surface area contributed by atoms with Gasteiger partial charge in [0.1, 0.15) is 11.0 Å². The SMILES string of the molecule is O=C(O)c1cccc2nnn(CCN3CCOCC3)c12. The first-order valence-corrected chi connectivity index (χ1v) is 6.61. The molecule has 0 saturated carbocycles. The predicted molar refractivity (Wildman–Crippen MR) is 71.7 cm³/mol. The fraction of sp³-hybridized carbons (Fsp3) is 0.462. The fourth-order valence-electron chi connectivity index (χ4n) is 2.42. The molecule has 1 fully saturated rings. The Balaban J connectivity index is 1.82. The highest BCUT2D eigenvalue weighted by molar-refractivity contribution is 6.00. The van der Waals surface area contributed by atoms with Crippen molar-refractivity contribution in [1.82, 2.24) is 19.9 Å². The minimum atomic E-state index is -0.953. The molecule has 7 nitrogen and oxygen atoms in total. The Hall–Kier alpha value is -1.99. The minimum Gasteiger partial charge on any atom is -0.478 e. The third-order valence-electron chi connectivity index (χ3n) is 3.50. The molecule has 0 atom stereocenters. The van der Waals surface area contributed by atoms with Crippen molar-refractivity contribution in [3.8, 4) is 0 Å². The van der Waals surface area contributed by atoms with E-state index in [-0.39, 0.29) is 5.56 Å². The summed E-state index contributed by atoms with van der Waals surface area (Å²) in [4.78, 5) is 13.6. The Kier molecular flexibility index (Phi) is 3.62. The van der Waals surface area contributed by atoms with Crippen LogP contribution in [0.25, 0.3) is 11.0 Å². The number of ether oxygens (including phenoxy) is 1. The topological polar surface area (TPSA) is 80.5 Å². The van der Waals surface area contributed by atoms with Gasteiger partial charge in [-0.15, -0.1) is 5.10 Å². The molecule has 0 spiro atoms. The summed E-state index contributed by atoms with van der Waals surface area (Å²) >= 11 is 0. The smallest absolute Gasteiger partial charge is 0.337 e. The Bertz CT molecular complexity index is 619. The van der Waals surface area contributed by atoms with Gasteiger partial charge in [0.2, 0.25) is 0 Å². The zero-order valence-electron chi connectivity index (χ0n) is 11.0. The molecule has 0 unspecified atom stereocenters. The van der Waals surface area contributed by atoms with Crippen molar-refractivity contribution in [2.45, 2.75) is 6.54 Å². The number of morpholine rings is 1. The van der Waals surface area contributed by atoms with Gasteiger partial charge in [0.05, 0.1) is 25.3 Å². The summed E-state index contributed by atoms with van der Waals surface area (Å²) in [7, 11) is 0. The number of nitrogens with zero attached hydrogens (tertiary/aromatic N) is 4. The largest absolute Gasteiger partial charge is 0.478 e. The molecule has 1 aliphatic heterocycles. The number of hydrogen-bond donors (Lipinski definition) is 1. The zero-order valence-corrected chi connectivity index (χ0v) is 11.0. The van der Waals surface area contributed by atoms with E-state index in [9.17, 15) is 9.90 Å². The van der Waals surface area contributed by atoms with Crippen molar-refractivity contribution >= 4 is 17.0 Å². The third kappa shape index (κ3) is 2.50. The average Bonchev–Trinajstić information content (AvgIpc) is 2.89. The van der Waals surface area contributed by atoms with Crippen LogP contribution in [-0.4, -0.2) is 63.8 Å². The first-order chi connectivity index (χ1) is 9.75. The summed E-state index contributed by atoms with van der Waals surface area (Å²) in [6.45, 7) is 4.74. The number of benzene rings is 1. The summed E-state index contributed by atoms with van der Waals surface area (Å²) in [6, 6.07) is 5.05. The standard InChI is InChI=1S/C13H16N4O3/c18-13(19)10-2-1-3-11-12(10)17(15-14-11)5-4-16-6-8-20-9-7-16/h1-3H,4-9H2,(H,18,19). The van der Waals surface area contributed by atoms with Crippen LogP contribution in [0.15, 0.2) is 18.2 Å². The maximum Gasteiger partial charge on any atom is 0.337 e. The Morgan fingerprint density at radius 2 is 2.10 bits per heavy atom. The first kappa shape index (κ1) is 13.0. The monoisotopic (exact) mass is 276 g/mol. The number of hydrogen-bond acceptors (Lipinski definition) is 5. The van der Waals surface area contributed by atoms with E-state index in [0.717, 1.165) is 32.8 Å². The van der Waals surface area contributed by atoms with E-state index >= 15 is 0 Å². The quantitative estimate of drug-likeness (QED) is 0.874. The first-order valence-electron chi connectivity index (χ1n) is 6.61. The Morgan fingerprint density at radius 3 is 2.85 bits per heavy atom. The molecule has 1 aliphatic rings. The van der Waals surface area contributed by atoms with Gasteiger partial charge >= 0.3 is 5.97 Å². The molecule has 7 heteroatoms. The molecule has 20 heavy (non-hydrogen) atoms. The average molecular weight is 276 g/mol. The summed E-state index contributed by atoms with van der Waals surface area (Å²) in [5, 5.41) is 17.3. The number of aromatic nitrogens is 3. The zero-order chi connectivity index (χ0) is 13.9. The molecule has 0 radical (unpaired) electrons. The van der Waals surface area contributed by atoms with Gasteiger partial charge in [0.25, 0.3) is 0 Å². The van der Waals surface area contributed by atoms with Crippen LogP contribution in [-0.2, 0) is 11.3 Å². The Labute approximate surface area is 115 Å². The maximum absolute atomic E-state index is 11.3. The lowest BCUT2D eigenvalue weighted by Crippen LogP contribution is -2.38. The molecule has 2 aromatic rings. The normalized spacial score (nSPS) is 16.6. The van der Waals surface area contributed by atoms with Gasteiger partial charge in [-0.05, 0) is 12.1 Å². The second kappa shape index (κ2) is 5.56. The number of rotatable bonds is 4. The molecular weight excluding hydrogens is 260 g/mol. The van der Waals surface area contributed by atoms with Crippen LogP contribution in [0.1, 0.15) is 10.4 Å². The highest BCUT2D eigenvalue weighted by Crippen LogP contribution is 2.16. The maximum atomic E-state index is 11.3. The molecule has 0 bridgehead atoms. The fourth-order valence-corrected chi connectivity index (χ4v) is 2.42. The lowest BCUT2D eigenvalue weighted by Gasteiger charge is -2.26. The van der Waals surface area contributed by atoms with Gasteiger partial charge in [-0.2, -0.15) is 0 Å². The van der Waals surface area contributed by atoms with Gasteiger partial charge in [-0.3, -0.25) is 4.90 Å². The summed E-state index contributed by atoms with van der Waals surface area (Å²) < 4.78 is 6.98. The van der Waals surface area contributed by atoms with Crippen molar-refractivity contribution in [2.24, 2.45) is 0 Å². The van der Waals surface area contributed by atoms with Crippen LogP contribution >= 0.6 is 0 Å². The van der Waals surface area contributed by atoms with Crippen LogP contribution in [0.2, 0.25) is 0 Å². The molecule has 1 saturated heterocycles. The third-order valence-corrected chi connectivity index (χ3v) is 3.50. The molecule has 1 aromatic heterocycles. The van der Waals surface area contributed by atoms with E-state index in [1.165, 1.54) is 0 Å². The number of para-hydroxylation sites is 1. The molecule has 0 amide bonds. The number of fused-ring (bicyclic) bond motifs is 1. The van der Waals surface area contributed by atoms with Gasteiger partial charge < -0.3 is 9.84 Å². The number of carboxylic acids is 1. The molecule has 2 heterocycles. The van der Waals surface area contributed by atoms with Crippen molar-refractivity contribution in [2.75, 3.05) is 32.8 Å². The van der Waals surface area contributed by atoms with Gasteiger partial charge in [-0.1, -0.05) is 11.3 Å². The number of carboxylic acid groups (broad SMARTS) is 1. The Morgan fingerprint density at radius 1 is 1.30 bits per heavy atom. The summed E-state index contributed by atoms with van der Waals surface area (Å²) in [5.74, 6) is -0.953. The van der Waals surface area contributed by atoms with E-state index in [0.29, 0.717) is 17.6 Å². The van der Waals surface area contributed by atoms with Crippen molar-refractivity contribution in [1.29, 1.82) is 0 Å². The molecular formula is C13H16N4O3. The predicted octanol–water partition coefficient (Wildman–Crippen LogP) is 0.462. The van der Waals surface area contributed by atoms with E-state index in [1.807, 2.05) is 0 Å². The molecule has 0 aliphatic carbocycles. The highest BCUT2D eigenvalue weighted by Gasteiger charge is 2.16. The molecule has 1 N–H and O–H groups in total. The van der Waals surface area contributed by atoms with Gasteiger partial charge in [0, 0.05) is 19.6 Å². The van der Waals surface area contributed by atoms with Crippen molar-refractivity contribution in [3.05, 3.63) is 23.8 Å². The van der Waals surface area contributed by atoms with E-state index in [2.05, 4.69) is 15.2 Å². The highest BCUT2D eigenvalue weighted by atomic mass is 16.5. The molecule has 1 aromatic carbocycles. The summed E-state index contributed by atoms with van der Waals surface area (Å²) in [5.41, 5.74) is 1.45. The van der Waals surface area contributed by atoms with E-state index in [1.54, 1.807) is 22.9 Å². The van der Waals surface area contributed by atoms with Gasteiger partial charge in [-0.25, -0.2) is 9.48 Å². The molecule has 106 valence electrons. The van der Waals surface area contributed by atoms with Crippen LogP contribution < -0.4 is 0 Å².